The molecule has 1 aliphatic heterocycles. The Balaban J connectivity index is 1.92. The number of nitrogens with one attached hydrogen (secondary N) is 6. The zero-order valence-corrected chi connectivity index (χ0v) is 27.4. The molecule has 4 bridgehead atoms. The Morgan fingerprint density at radius 3 is 1.83 bits per heavy atom. The molecular formula is C30H42N8O7S. The second-order valence-corrected chi connectivity index (χ2v) is 12.8. The number of hydrogen-bond acceptors (Lipinski definition) is 10. The molecule has 6 atom stereocenters. The van der Waals surface area contributed by atoms with Crippen molar-refractivity contribution in [2.45, 2.75) is 90.6 Å². The average Bonchev–Trinajstić information content (AvgIpc) is 3.42. The summed E-state index contributed by atoms with van der Waals surface area (Å²) >= 11 is 1.28. The first-order valence-electron chi connectivity index (χ1n) is 14.9. The van der Waals surface area contributed by atoms with Crippen LogP contribution >= 0.6 is 11.3 Å². The number of carbonyl (C=O) groups is 6. The molecule has 0 radical (unpaired) electrons. The van der Waals surface area contributed by atoms with Crippen LogP contribution in [0.1, 0.15) is 57.5 Å². The number of fused-ring (bicyclic) bond motifs is 4. The fraction of sp³-hybridized carbons (Fsp3) is 0.500. The van der Waals surface area contributed by atoms with E-state index in [0.717, 1.165) is 4.88 Å². The number of rotatable bonds is 2. The lowest BCUT2D eigenvalue weighted by Gasteiger charge is -2.24. The highest BCUT2D eigenvalue weighted by Crippen LogP contribution is 2.27. The van der Waals surface area contributed by atoms with Crippen LogP contribution in [0, 0.1) is 5.92 Å². The molecule has 16 heteroatoms. The molecular weight excluding hydrogens is 616 g/mol. The molecule has 46 heavy (non-hydrogen) atoms. The van der Waals surface area contributed by atoms with Gasteiger partial charge in [-0.15, -0.1) is 11.3 Å². The molecule has 6 amide bonds. The summed E-state index contributed by atoms with van der Waals surface area (Å²) in [5.74, 6) is -4.07. The van der Waals surface area contributed by atoms with Crippen LogP contribution in [0.5, 0.6) is 5.75 Å². The van der Waals surface area contributed by atoms with Crippen LogP contribution in [0.25, 0.3) is 0 Å². The van der Waals surface area contributed by atoms with E-state index in [1.165, 1.54) is 45.1 Å². The molecule has 15 nitrogen and oxygen atoms in total. The Morgan fingerprint density at radius 2 is 1.33 bits per heavy atom. The fourth-order valence-electron chi connectivity index (χ4n) is 4.55. The van der Waals surface area contributed by atoms with Gasteiger partial charge in [-0.25, -0.2) is 4.98 Å². The minimum atomic E-state index is -1.12. The van der Waals surface area contributed by atoms with Gasteiger partial charge in [0.1, 0.15) is 42.0 Å². The van der Waals surface area contributed by atoms with Gasteiger partial charge in [0.2, 0.25) is 35.4 Å². The lowest BCUT2D eigenvalue weighted by atomic mass is 10.0. The van der Waals surface area contributed by atoms with Crippen molar-refractivity contribution in [1.82, 2.24) is 31.6 Å². The van der Waals surface area contributed by atoms with E-state index in [1.807, 2.05) is 13.8 Å². The number of aromatic nitrogens is 1. The summed E-state index contributed by atoms with van der Waals surface area (Å²) < 4.78 is 0. The smallest absolute Gasteiger partial charge is 0.243 e. The van der Waals surface area contributed by atoms with E-state index in [4.69, 9.17) is 5.73 Å². The topological polar surface area (TPSA) is 234 Å². The van der Waals surface area contributed by atoms with Gasteiger partial charge in [-0.05, 0) is 50.8 Å². The summed E-state index contributed by atoms with van der Waals surface area (Å²) in [6.45, 7) is 9.39. The van der Waals surface area contributed by atoms with Gasteiger partial charge < -0.3 is 42.7 Å². The molecule has 2 heterocycles. The number of primary amides is 1. The molecule has 0 saturated carbocycles. The van der Waals surface area contributed by atoms with Gasteiger partial charge in [0, 0.05) is 23.9 Å². The van der Waals surface area contributed by atoms with Crippen molar-refractivity contribution in [3.05, 3.63) is 40.4 Å². The van der Waals surface area contributed by atoms with Crippen LogP contribution < -0.4 is 37.6 Å². The number of nitrogens with zero attached hydrogens (tertiary/aromatic N) is 1. The summed E-state index contributed by atoms with van der Waals surface area (Å²) in [5, 5.41) is 26.8. The highest BCUT2D eigenvalue weighted by atomic mass is 32.1. The molecule has 0 spiro atoms. The van der Waals surface area contributed by atoms with Gasteiger partial charge in [0.05, 0.1) is 0 Å². The Kier molecular flexibility index (Phi) is 12.1. The Bertz CT molecular complexity index is 1480. The lowest BCUT2D eigenvalue weighted by molar-refractivity contribution is -0.134. The molecule has 1 aliphatic rings. The normalized spacial score (nSPS) is 25.8. The molecule has 0 unspecified atom stereocenters. The molecule has 0 saturated heterocycles. The van der Waals surface area contributed by atoms with E-state index in [0.29, 0.717) is 16.3 Å². The first-order valence-corrected chi connectivity index (χ1v) is 15.7. The van der Waals surface area contributed by atoms with Crippen molar-refractivity contribution >= 4 is 51.9 Å². The number of phenolic OH excluding ortho intramolecular Hbond substituents is 1. The maximum atomic E-state index is 13.2. The van der Waals surface area contributed by atoms with Crippen LogP contribution in [0.2, 0.25) is 0 Å². The monoisotopic (exact) mass is 658 g/mol. The third-order valence-electron chi connectivity index (χ3n) is 7.40. The van der Waals surface area contributed by atoms with Crippen molar-refractivity contribution in [3.63, 3.8) is 0 Å². The van der Waals surface area contributed by atoms with E-state index in [9.17, 15) is 33.9 Å². The van der Waals surface area contributed by atoms with Crippen LogP contribution in [0.4, 0.5) is 5.13 Å². The lowest BCUT2D eigenvalue weighted by Crippen LogP contribution is -2.57. The van der Waals surface area contributed by atoms with Crippen LogP contribution in [-0.4, -0.2) is 81.8 Å². The zero-order chi connectivity index (χ0) is 34.3. The fourth-order valence-corrected chi connectivity index (χ4v) is 5.43. The number of benzene rings is 1. The van der Waals surface area contributed by atoms with E-state index in [2.05, 4.69) is 36.9 Å². The molecule has 3 rings (SSSR count). The number of aromatic hydroxyl groups is 1. The third kappa shape index (κ3) is 9.63. The van der Waals surface area contributed by atoms with Crippen LogP contribution in [-0.2, 0) is 41.6 Å². The predicted molar refractivity (Wildman–Crippen MR) is 171 cm³/mol. The maximum Gasteiger partial charge on any atom is 0.243 e. The molecule has 0 aliphatic carbocycles. The zero-order valence-electron chi connectivity index (χ0n) is 26.6. The molecule has 0 fully saturated rings. The first kappa shape index (κ1) is 35.7. The van der Waals surface area contributed by atoms with Gasteiger partial charge in [-0.1, -0.05) is 26.0 Å². The summed E-state index contributed by atoms with van der Waals surface area (Å²) in [5.41, 5.74) is 6.73. The predicted octanol–water partition coefficient (Wildman–Crippen LogP) is -0.579. The van der Waals surface area contributed by atoms with E-state index in [-0.39, 0.29) is 24.5 Å². The highest BCUT2D eigenvalue weighted by Gasteiger charge is 2.29. The molecule has 9 N–H and O–H groups in total. The van der Waals surface area contributed by atoms with E-state index >= 15 is 0 Å². The third-order valence-corrected chi connectivity index (χ3v) is 8.33. The minimum absolute atomic E-state index is 0.0160. The van der Waals surface area contributed by atoms with Crippen LogP contribution in [0.3, 0.4) is 0 Å². The van der Waals surface area contributed by atoms with Gasteiger partial charge in [0.25, 0.3) is 0 Å². The Morgan fingerprint density at radius 1 is 0.826 bits per heavy atom. The second kappa shape index (κ2) is 15.5. The first-order chi connectivity index (χ1) is 21.5. The van der Waals surface area contributed by atoms with Crippen molar-refractivity contribution in [2.75, 3.05) is 5.32 Å². The van der Waals surface area contributed by atoms with Crippen molar-refractivity contribution < 1.29 is 33.9 Å². The Hall–Kier alpha value is -4.73. The van der Waals surface area contributed by atoms with Gasteiger partial charge in [-0.2, -0.15) is 0 Å². The van der Waals surface area contributed by atoms with Gasteiger partial charge in [-0.3, -0.25) is 28.8 Å². The minimum Gasteiger partial charge on any atom is -0.508 e. The highest BCUT2D eigenvalue weighted by molar-refractivity contribution is 7.15. The van der Waals surface area contributed by atoms with Crippen molar-refractivity contribution in [1.29, 1.82) is 0 Å². The van der Waals surface area contributed by atoms with Crippen molar-refractivity contribution in [2.24, 2.45) is 11.7 Å². The number of phenols is 1. The summed E-state index contributed by atoms with van der Waals surface area (Å²) in [6.07, 6.45) is 1.92. The molecule has 2 aromatic rings. The molecule has 1 aromatic carbocycles. The number of anilines is 1. The molecule has 250 valence electrons. The standard InChI is InChI=1S/C30H42N8O7S/c1-13(2)23-29(45)36-16(5)27(43)34-14(3)25(41)33-15(4)26(42)35-17(6)28(44)37-21(24(31)40)10-18-7-8-22(39)19(9-18)11-20-12-32-30(38-23)46-20/h7-9,12-17,21,23,39H,10-11H2,1-6H3,(H2,31,40)(H,32,38)(H,33,41)(H,34,43)(H,35,42)(H,36,45)(H,37,44)/t14-,15-,16-,17-,21-,23+/m0/s1. The summed E-state index contributed by atoms with van der Waals surface area (Å²) in [4.78, 5) is 81.8. The number of hydrogen-bond donors (Lipinski definition) is 8. The Labute approximate surface area is 270 Å². The summed E-state index contributed by atoms with van der Waals surface area (Å²) in [7, 11) is 0. The summed E-state index contributed by atoms with van der Waals surface area (Å²) in [6, 6.07) is -1.32. The van der Waals surface area contributed by atoms with E-state index < -0.39 is 71.7 Å². The largest absolute Gasteiger partial charge is 0.508 e. The van der Waals surface area contributed by atoms with Crippen LogP contribution in [0.15, 0.2) is 24.4 Å². The number of thiazole rings is 1. The van der Waals surface area contributed by atoms with Gasteiger partial charge >= 0.3 is 0 Å². The SMILES string of the molecule is CC(C)[C@H]1Nc2ncc(s2)Cc2cc(ccc2O)C[C@@H](C(N)=O)NC(=O)[C@H](C)NC(=O)[C@H](C)NC(=O)[C@H](C)NC(=O)[C@H](C)NC1=O. The maximum absolute atomic E-state index is 13.2. The number of amides is 6. The second-order valence-electron chi connectivity index (χ2n) is 11.7. The number of nitrogens with two attached hydrogens (primary N) is 1. The van der Waals surface area contributed by atoms with Crippen molar-refractivity contribution in [3.8, 4) is 5.75 Å². The molecule has 1 aromatic heterocycles. The number of carbonyl (C=O) groups excluding carboxylic acids is 6. The van der Waals surface area contributed by atoms with E-state index in [1.54, 1.807) is 18.3 Å². The quantitative estimate of drug-likeness (QED) is 0.206. The van der Waals surface area contributed by atoms with Gasteiger partial charge in [0.15, 0.2) is 5.13 Å². The average molecular weight is 659 g/mol.